The zero-order chi connectivity index (χ0) is 24.5. The Balaban J connectivity index is 1.78. The van der Waals surface area contributed by atoms with Gasteiger partial charge in [0.2, 0.25) is 0 Å². The number of hydrogen-bond acceptors (Lipinski definition) is 3. The van der Waals surface area contributed by atoms with Gasteiger partial charge in [-0.15, -0.1) is 0 Å². The second kappa shape index (κ2) is 9.05. The van der Waals surface area contributed by atoms with Crippen molar-refractivity contribution in [1.29, 1.82) is 0 Å². The third-order valence-corrected chi connectivity index (χ3v) is 6.45. The molecule has 0 radical (unpaired) electrons. The minimum atomic E-state index is -0.199. The van der Waals surface area contributed by atoms with Crippen LogP contribution in [0.25, 0.3) is 32.9 Å². The summed E-state index contributed by atoms with van der Waals surface area (Å²) < 4.78 is 0. The van der Waals surface area contributed by atoms with Crippen molar-refractivity contribution in [3.63, 3.8) is 0 Å². The van der Waals surface area contributed by atoms with Crippen molar-refractivity contribution < 1.29 is 9.59 Å². The molecule has 0 aliphatic heterocycles. The Labute approximate surface area is 208 Å². The normalized spacial score (nSPS) is 11.0. The van der Waals surface area contributed by atoms with Crippen molar-refractivity contribution in [3.8, 4) is 11.1 Å². The number of rotatable bonds is 5. The van der Waals surface area contributed by atoms with Crippen molar-refractivity contribution in [2.24, 2.45) is 0 Å². The molecule has 0 spiro atoms. The quantitative estimate of drug-likeness (QED) is 0.196. The molecule has 170 valence electrons. The van der Waals surface area contributed by atoms with Gasteiger partial charge in [0.15, 0.2) is 11.6 Å². The van der Waals surface area contributed by atoms with Crippen LogP contribution >= 0.6 is 0 Å². The molecule has 0 saturated carbocycles. The fourth-order valence-corrected chi connectivity index (χ4v) is 4.79. The third-order valence-electron chi connectivity index (χ3n) is 6.45. The predicted octanol–water partition coefficient (Wildman–Crippen LogP) is 7.52. The number of nitrogens with zero attached hydrogens (tertiary/aromatic N) is 1. The second-order valence-corrected chi connectivity index (χ2v) is 8.64. The van der Waals surface area contributed by atoms with Crippen LogP contribution in [0.4, 0.5) is 0 Å². The lowest BCUT2D eigenvalue weighted by Crippen LogP contribution is -2.13. The molecular weight excluding hydrogens is 442 g/mol. The molecule has 1 heterocycles. The number of para-hydroxylation sites is 1. The van der Waals surface area contributed by atoms with E-state index in [1.54, 1.807) is 30.3 Å². The molecule has 1 aromatic heterocycles. The van der Waals surface area contributed by atoms with Gasteiger partial charge in [0.25, 0.3) is 0 Å². The molecule has 36 heavy (non-hydrogen) atoms. The average Bonchev–Trinajstić information content (AvgIpc) is 2.96. The topological polar surface area (TPSA) is 47.0 Å². The van der Waals surface area contributed by atoms with E-state index in [2.05, 4.69) is 0 Å². The molecule has 0 aliphatic rings. The van der Waals surface area contributed by atoms with Crippen LogP contribution in [0.1, 0.15) is 31.8 Å². The van der Waals surface area contributed by atoms with Crippen LogP contribution in [0.15, 0.2) is 127 Å². The fraction of sp³-hybridized carbons (Fsp3) is 0. The zero-order valence-electron chi connectivity index (χ0n) is 19.4. The van der Waals surface area contributed by atoms with E-state index in [-0.39, 0.29) is 11.6 Å². The third kappa shape index (κ3) is 3.68. The van der Waals surface area contributed by atoms with E-state index in [1.165, 1.54) is 0 Å². The summed E-state index contributed by atoms with van der Waals surface area (Å²) in [6.45, 7) is 0. The van der Waals surface area contributed by atoms with Gasteiger partial charge < -0.3 is 0 Å². The second-order valence-electron chi connectivity index (χ2n) is 8.64. The Kier molecular flexibility index (Phi) is 5.44. The van der Waals surface area contributed by atoms with E-state index >= 15 is 0 Å². The maximum Gasteiger partial charge on any atom is 0.194 e. The number of carbonyl (C=O) groups is 2. The summed E-state index contributed by atoms with van der Waals surface area (Å²) in [7, 11) is 0. The molecule has 0 amide bonds. The summed E-state index contributed by atoms with van der Waals surface area (Å²) in [5.74, 6) is -0.390. The molecule has 6 rings (SSSR count). The van der Waals surface area contributed by atoms with Gasteiger partial charge >= 0.3 is 0 Å². The van der Waals surface area contributed by atoms with Gasteiger partial charge in [-0.3, -0.25) is 9.59 Å². The summed E-state index contributed by atoms with van der Waals surface area (Å²) >= 11 is 0. The summed E-state index contributed by atoms with van der Waals surface area (Å²) in [5.41, 5.74) is 5.20. The van der Waals surface area contributed by atoms with Gasteiger partial charge in [-0.1, -0.05) is 109 Å². The first-order valence-corrected chi connectivity index (χ1v) is 11.8. The monoisotopic (exact) mass is 463 g/mol. The number of ketones is 2. The molecule has 5 aromatic carbocycles. The van der Waals surface area contributed by atoms with Gasteiger partial charge in [-0.2, -0.15) is 0 Å². The van der Waals surface area contributed by atoms with Gasteiger partial charge in [0.1, 0.15) is 0 Å². The molecule has 0 unspecified atom stereocenters. The highest BCUT2D eigenvalue weighted by Gasteiger charge is 2.26. The molecule has 0 fully saturated rings. The van der Waals surface area contributed by atoms with Crippen molar-refractivity contribution >= 4 is 33.4 Å². The number of aromatic nitrogens is 1. The zero-order valence-corrected chi connectivity index (χ0v) is 19.4. The van der Waals surface area contributed by atoms with Crippen molar-refractivity contribution in [1.82, 2.24) is 4.98 Å². The Bertz CT molecular complexity index is 1740. The number of benzene rings is 5. The summed E-state index contributed by atoms with van der Waals surface area (Å²) in [6, 6.07) is 39.7. The molecule has 3 nitrogen and oxygen atoms in total. The lowest BCUT2D eigenvalue weighted by atomic mass is 9.86. The van der Waals surface area contributed by atoms with Crippen molar-refractivity contribution in [2.45, 2.75) is 0 Å². The Hall–Kier alpha value is -4.89. The number of pyridine rings is 1. The van der Waals surface area contributed by atoms with E-state index in [4.69, 9.17) is 4.98 Å². The average molecular weight is 464 g/mol. The SMILES string of the molecule is O=C(c1ccccc1)c1ccc2nc3ccccc3c(-c3ccccc3)c2c1C(=O)c1ccccc1. The lowest BCUT2D eigenvalue weighted by molar-refractivity contribution is 0.100. The first-order chi connectivity index (χ1) is 17.7. The van der Waals surface area contributed by atoms with E-state index in [9.17, 15) is 9.59 Å². The Morgan fingerprint density at radius 3 is 1.72 bits per heavy atom. The highest BCUT2D eigenvalue weighted by molar-refractivity contribution is 6.28. The van der Waals surface area contributed by atoms with Crippen molar-refractivity contribution in [2.75, 3.05) is 0 Å². The lowest BCUT2D eigenvalue weighted by Gasteiger charge is -2.17. The van der Waals surface area contributed by atoms with E-state index < -0.39 is 0 Å². The van der Waals surface area contributed by atoms with Crippen LogP contribution in [0.5, 0.6) is 0 Å². The van der Waals surface area contributed by atoms with E-state index in [0.29, 0.717) is 33.2 Å². The van der Waals surface area contributed by atoms with Gasteiger partial charge in [0, 0.05) is 38.6 Å². The molecule has 0 saturated heterocycles. The first kappa shape index (κ1) is 21.6. The highest BCUT2D eigenvalue weighted by atomic mass is 16.1. The molecule has 6 aromatic rings. The molecule has 0 aliphatic carbocycles. The summed E-state index contributed by atoms with van der Waals surface area (Å²) in [4.78, 5) is 32.9. The van der Waals surface area contributed by atoms with Crippen LogP contribution < -0.4 is 0 Å². The van der Waals surface area contributed by atoms with Crippen LogP contribution in [0.3, 0.4) is 0 Å². The summed E-state index contributed by atoms with van der Waals surface area (Å²) in [5, 5.41) is 1.62. The maximum absolute atomic E-state index is 14.2. The fourth-order valence-electron chi connectivity index (χ4n) is 4.79. The van der Waals surface area contributed by atoms with Crippen LogP contribution in [0, 0.1) is 0 Å². The van der Waals surface area contributed by atoms with Gasteiger partial charge in [-0.25, -0.2) is 4.98 Å². The maximum atomic E-state index is 14.2. The van der Waals surface area contributed by atoms with Crippen LogP contribution in [-0.2, 0) is 0 Å². The minimum Gasteiger partial charge on any atom is -0.289 e. The number of fused-ring (bicyclic) bond motifs is 2. The van der Waals surface area contributed by atoms with E-state index in [0.717, 1.165) is 22.0 Å². The highest BCUT2D eigenvalue weighted by Crippen LogP contribution is 2.39. The predicted molar refractivity (Wildman–Crippen MR) is 144 cm³/mol. The minimum absolute atomic E-state index is 0.191. The largest absolute Gasteiger partial charge is 0.289 e. The molecular formula is C33H21NO2. The molecule has 0 atom stereocenters. The molecule has 0 bridgehead atoms. The standard InChI is InChI=1S/C33H21NO2/c35-32(23-14-6-2-7-15-23)26-20-21-28-31(30(26)33(36)24-16-8-3-9-17-24)29(22-12-4-1-5-13-22)25-18-10-11-19-27(25)34-28/h1-21H. The van der Waals surface area contributed by atoms with Gasteiger partial charge in [0.05, 0.1) is 11.0 Å². The first-order valence-electron chi connectivity index (χ1n) is 11.8. The van der Waals surface area contributed by atoms with Crippen molar-refractivity contribution in [3.05, 3.63) is 150 Å². The summed E-state index contributed by atoms with van der Waals surface area (Å²) in [6.07, 6.45) is 0. The Morgan fingerprint density at radius 1 is 0.500 bits per heavy atom. The number of hydrogen-bond donors (Lipinski definition) is 0. The smallest absolute Gasteiger partial charge is 0.194 e. The van der Waals surface area contributed by atoms with Crippen LogP contribution in [0.2, 0.25) is 0 Å². The van der Waals surface area contributed by atoms with Crippen LogP contribution in [-0.4, -0.2) is 16.6 Å². The Morgan fingerprint density at radius 2 is 1.06 bits per heavy atom. The number of carbonyl (C=O) groups excluding carboxylic acids is 2. The molecule has 3 heteroatoms. The van der Waals surface area contributed by atoms with E-state index in [1.807, 2.05) is 97.1 Å². The van der Waals surface area contributed by atoms with Gasteiger partial charge in [-0.05, 0) is 23.8 Å². The molecule has 0 N–H and O–H groups in total.